The Labute approximate surface area is 103 Å². The quantitative estimate of drug-likeness (QED) is 0.763. The molecule has 4 heteroatoms. The van der Waals surface area contributed by atoms with Crippen molar-refractivity contribution in [3.63, 3.8) is 0 Å². The minimum Gasteiger partial charge on any atom is -0.384 e. The number of rotatable bonds is 6. The van der Waals surface area contributed by atoms with E-state index < -0.39 is 0 Å². The van der Waals surface area contributed by atoms with Crippen LogP contribution in [0.5, 0.6) is 0 Å². The third kappa shape index (κ3) is 2.99. The highest BCUT2D eigenvalue weighted by atomic mass is 16.5. The van der Waals surface area contributed by atoms with Crippen molar-refractivity contribution in [1.82, 2.24) is 5.32 Å². The van der Waals surface area contributed by atoms with Crippen LogP contribution in [-0.4, -0.2) is 39.4 Å². The highest BCUT2D eigenvalue weighted by molar-refractivity contribution is 5.83. The van der Waals surface area contributed by atoms with Crippen molar-refractivity contribution in [1.29, 1.82) is 0 Å². The van der Waals surface area contributed by atoms with Crippen LogP contribution in [0.2, 0.25) is 0 Å². The summed E-state index contributed by atoms with van der Waals surface area (Å²) >= 11 is 0. The minimum absolute atomic E-state index is 0.185. The van der Waals surface area contributed by atoms with Gasteiger partial charge in [0.15, 0.2) is 0 Å². The Hall–Kier alpha value is -0.610. The zero-order chi connectivity index (χ0) is 12.1. The van der Waals surface area contributed by atoms with E-state index in [4.69, 9.17) is 9.47 Å². The Kier molecular flexibility index (Phi) is 4.40. The van der Waals surface area contributed by atoms with E-state index in [-0.39, 0.29) is 11.3 Å². The van der Waals surface area contributed by atoms with Crippen molar-refractivity contribution in [2.24, 2.45) is 11.3 Å². The van der Waals surface area contributed by atoms with E-state index in [1.54, 1.807) is 7.11 Å². The standard InChI is InChI=1S/C13H23NO3/c1-16-10-13(5-2-6-13)12(15)14-7-3-11-4-8-17-9-11/h11H,2-10H2,1H3,(H,14,15)/t11-/m1/s1. The SMILES string of the molecule is COCC1(C(=O)NCC[C@@H]2CCOC2)CCC1. The van der Waals surface area contributed by atoms with Gasteiger partial charge in [-0.1, -0.05) is 6.42 Å². The zero-order valence-corrected chi connectivity index (χ0v) is 10.7. The van der Waals surface area contributed by atoms with E-state index in [1.807, 2.05) is 0 Å². The topological polar surface area (TPSA) is 47.6 Å². The molecular formula is C13H23NO3. The van der Waals surface area contributed by atoms with Gasteiger partial charge in [0.25, 0.3) is 0 Å². The lowest BCUT2D eigenvalue weighted by Gasteiger charge is -2.39. The van der Waals surface area contributed by atoms with Gasteiger partial charge in [0.1, 0.15) is 0 Å². The van der Waals surface area contributed by atoms with Crippen LogP contribution in [0.1, 0.15) is 32.1 Å². The fourth-order valence-electron chi connectivity index (χ4n) is 2.71. The van der Waals surface area contributed by atoms with Crippen LogP contribution in [0.25, 0.3) is 0 Å². The molecule has 0 aromatic rings. The predicted octanol–water partition coefficient (Wildman–Crippen LogP) is 1.35. The molecule has 0 spiro atoms. The minimum atomic E-state index is -0.221. The maximum absolute atomic E-state index is 12.1. The molecule has 0 unspecified atom stereocenters. The fraction of sp³-hybridized carbons (Fsp3) is 0.923. The van der Waals surface area contributed by atoms with Crippen molar-refractivity contribution in [2.75, 3.05) is 33.5 Å². The van der Waals surface area contributed by atoms with E-state index in [1.165, 1.54) is 0 Å². The summed E-state index contributed by atoms with van der Waals surface area (Å²) in [6, 6.07) is 0. The summed E-state index contributed by atoms with van der Waals surface area (Å²) in [5.74, 6) is 0.819. The Morgan fingerprint density at radius 1 is 1.53 bits per heavy atom. The van der Waals surface area contributed by atoms with Crippen molar-refractivity contribution < 1.29 is 14.3 Å². The monoisotopic (exact) mass is 241 g/mol. The first kappa shape index (κ1) is 12.8. The van der Waals surface area contributed by atoms with Gasteiger partial charge < -0.3 is 14.8 Å². The lowest BCUT2D eigenvalue weighted by Crippen LogP contribution is -2.48. The first-order chi connectivity index (χ1) is 8.27. The first-order valence-corrected chi connectivity index (χ1v) is 6.62. The summed E-state index contributed by atoms with van der Waals surface area (Å²) in [7, 11) is 1.67. The van der Waals surface area contributed by atoms with Crippen molar-refractivity contribution in [2.45, 2.75) is 32.1 Å². The van der Waals surface area contributed by atoms with Gasteiger partial charge in [-0.05, 0) is 31.6 Å². The second kappa shape index (κ2) is 5.83. The van der Waals surface area contributed by atoms with Gasteiger partial charge in [-0.2, -0.15) is 0 Å². The van der Waals surface area contributed by atoms with Crippen LogP contribution in [-0.2, 0) is 14.3 Å². The molecule has 1 heterocycles. The number of carbonyl (C=O) groups excluding carboxylic acids is 1. The Morgan fingerprint density at radius 3 is 2.88 bits per heavy atom. The molecule has 1 saturated heterocycles. The number of methoxy groups -OCH3 is 1. The average molecular weight is 241 g/mol. The largest absolute Gasteiger partial charge is 0.384 e. The highest BCUT2D eigenvalue weighted by Crippen LogP contribution is 2.41. The van der Waals surface area contributed by atoms with E-state index >= 15 is 0 Å². The Morgan fingerprint density at radius 2 is 2.35 bits per heavy atom. The Bertz CT molecular complexity index is 257. The smallest absolute Gasteiger partial charge is 0.228 e. The molecule has 1 aliphatic heterocycles. The number of carbonyl (C=O) groups is 1. The molecule has 2 aliphatic rings. The van der Waals surface area contributed by atoms with Crippen LogP contribution in [0.3, 0.4) is 0 Å². The number of hydrogen-bond acceptors (Lipinski definition) is 3. The molecule has 4 nitrogen and oxygen atoms in total. The average Bonchev–Trinajstić information content (AvgIpc) is 2.76. The van der Waals surface area contributed by atoms with E-state index in [9.17, 15) is 4.79 Å². The van der Waals surface area contributed by atoms with Gasteiger partial charge in [-0.25, -0.2) is 0 Å². The van der Waals surface area contributed by atoms with Crippen LogP contribution >= 0.6 is 0 Å². The number of ether oxygens (including phenoxy) is 2. The van der Waals surface area contributed by atoms with Crippen LogP contribution in [0.15, 0.2) is 0 Å². The summed E-state index contributed by atoms with van der Waals surface area (Å²) in [5.41, 5.74) is -0.221. The normalized spacial score (nSPS) is 26.5. The van der Waals surface area contributed by atoms with E-state index in [0.717, 1.165) is 51.9 Å². The molecule has 0 radical (unpaired) electrons. The lowest BCUT2D eigenvalue weighted by molar-refractivity contribution is -0.140. The van der Waals surface area contributed by atoms with Crippen molar-refractivity contribution in [3.8, 4) is 0 Å². The van der Waals surface area contributed by atoms with Crippen LogP contribution in [0.4, 0.5) is 0 Å². The maximum atomic E-state index is 12.1. The summed E-state index contributed by atoms with van der Waals surface area (Å²) in [4.78, 5) is 12.1. The van der Waals surface area contributed by atoms with Gasteiger partial charge >= 0.3 is 0 Å². The third-order valence-electron chi connectivity index (χ3n) is 4.08. The molecule has 0 aromatic carbocycles. The maximum Gasteiger partial charge on any atom is 0.228 e. The van der Waals surface area contributed by atoms with Gasteiger partial charge in [0.2, 0.25) is 5.91 Å². The molecular weight excluding hydrogens is 218 g/mol. The summed E-state index contributed by atoms with van der Waals surface area (Å²) in [5, 5.41) is 3.06. The van der Waals surface area contributed by atoms with Crippen LogP contribution in [0, 0.1) is 11.3 Å². The molecule has 1 saturated carbocycles. The number of nitrogens with one attached hydrogen (secondary N) is 1. The molecule has 1 atom stereocenters. The summed E-state index contributed by atoms with van der Waals surface area (Å²) in [6.45, 7) is 3.08. The van der Waals surface area contributed by atoms with E-state index in [0.29, 0.717) is 12.5 Å². The molecule has 2 rings (SSSR count). The zero-order valence-electron chi connectivity index (χ0n) is 10.7. The van der Waals surface area contributed by atoms with Gasteiger partial charge in [-0.3, -0.25) is 4.79 Å². The first-order valence-electron chi connectivity index (χ1n) is 6.62. The molecule has 0 aromatic heterocycles. The molecule has 1 aliphatic carbocycles. The van der Waals surface area contributed by atoms with Gasteiger partial charge in [0.05, 0.1) is 12.0 Å². The molecule has 1 N–H and O–H groups in total. The summed E-state index contributed by atoms with van der Waals surface area (Å²) < 4.78 is 10.5. The van der Waals surface area contributed by atoms with Crippen molar-refractivity contribution >= 4 is 5.91 Å². The molecule has 98 valence electrons. The van der Waals surface area contributed by atoms with Gasteiger partial charge in [0, 0.05) is 26.9 Å². The Balaban J connectivity index is 1.68. The number of amides is 1. The predicted molar refractivity (Wildman–Crippen MR) is 64.7 cm³/mol. The third-order valence-corrected chi connectivity index (χ3v) is 4.08. The summed E-state index contributed by atoms with van der Waals surface area (Å²) in [6.07, 6.45) is 5.26. The molecule has 0 bridgehead atoms. The van der Waals surface area contributed by atoms with Gasteiger partial charge in [-0.15, -0.1) is 0 Å². The fourth-order valence-corrected chi connectivity index (χ4v) is 2.71. The second-order valence-electron chi connectivity index (χ2n) is 5.34. The second-order valence-corrected chi connectivity index (χ2v) is 5.34. The van der Waals surface area contributed by atoms with E-state index in [2.05, 4.69) is 5.32 Å². The molecule has 17 heavy (non-hydrogen) atoms. The molecule has 2 fully saturated rings. The highest BCUT2D eigenvalue weighted by Gasteiger charge is 2.43. The molecule has 1 amide bonds. The van der Waals surface area contributed by atoms with Crippen molar-refractivity contribution in [3.05, 3.63) is 0 Å². The lowest BCUT2D eigenvalue weighted by atomic mass is 9.68. The van der Waals surface area contributed by atoms with Crippen LogP contribution < -0.4 is 5.32 Å². The number of hydrogen-bond donors (Lipinski definition) is 1.